The number of nitrogens with zero attached hydrogens (tertiary/aromatic N) is 2. The van der Waals surface area contributed by atoms with E-state index in [4.69, 9.17) is 0 Å². The number of hydrogen-bond acceptors (Lipinski definition) is 5. The van der Waals surface area contributed by atoms with E-state index in [9.17, 15) is 4.79 Å². The van der Waals surface area contributed by atoms with Crippen LogP contribution in [-0.2, 0) is 0 Å². The van der Waals surface area contributed by atoms with Crippen molar-refractivity contribution in [1.82, 2.24) is 14.7 Å². The highest BCUT2D eigenvalue weighted by atomic mass is 32.1. The molecule has 0 bridgehead atoms. The summed E-state index contributed by atoms with van der Waals surface area (Å²) >= 11 is 1.47. The molecule has 6 heteroatoms. The van der Waals surface area contributed by atoms with E-state index in [0.29, 0.717) is 18.8 Å². The van der Waals surface area contributed by atoms with E-state index < -0.39 is 0 Å². The Balaban J connectivity index is 1.39. The number of benzene rings is 2. The van der Waals surface area contributed by atoms with Crippen LogP contribution < -0.4 is 10.6 Å². The first-order valence-corrected chi connectivity index (χ1v) is 8.80. The van der Waals surface area contributed by atoms with Gasteiger partial charge in [-0.1, -0.05) is 36.4 Å². The summed E-state index contributed by atoms with van der Waals surface area (Å²) in [6.07, 6.45) is 1.66. The van der Waals surface area contributed by atoms with E-state index in [0.717, 1.165) is 26.7 Å². The van der Waals surface area contributed by atoms with Crippen molar-refractivity contribution < 1.29 is 4.79 Å². The second-order valence-corrected chi connectivity index (χ2v) is 6.40. The van der Waals surface area contributed by atoms with E-state index in [1.807, 2.05) is 54.6 Å². The Morgan fingerprint density at radius 1 is 0.960 bits per heavy atom. The Kier molecular flexibility index (Phi) is 4.26. The smallest absolute Gasteiger partial charge is 0.270 e. The molecule has 0 aliphatic carbocycles. The molecule has 4 aromatic rings. The highest BCUT2D eigenvalue weighted by Gasteiger charge is 2.11. The summed E-state index contributed by atoms with van der Waals surface area (Å²) in [5.74, 6) is 0.694. The van der Waals surface area contributed by atoms with Crippen LogP contribution in [0.5, 0.6) is 0 Å². The molecule has 124 valence electrons. The summed E-state index contributed by atoms with van der Waals surface area (Å²) in [4.78, 5) is 16.7. The topological polar surface area (TPSA) is 66.9 Å². The van der Waals surface area contributed by atoms with Crippen molar-refractivity contribution in [3.8, 4) is 0 Å². The van der Waals surface area contributed by atoms with Crippen LogP contribution in [0.25, 0.3) is 20.9 Å². The number of aromatic nitrogens is 2. The van der Waals surface area contributed by atoms with Crippen molar-refractivity contribution in [2.24, 2.45) is 0 Å². The average Bonchev–Trinajstić information content (AvgIpc) is 3.08. The van der Waals surface area contributed by atoms with Gasteiger partial charge in [-0.05, 0) is 35.1 Å². The summed E-state index contributed by atoms with van der Waals surface area (Å²) in [7, 11) is 0. The van der Waals surface area contributed by atoms with Crippen LogP contribution in [0, 0.1) is 0 Å². The van der Waals surface area contributed by atoms with E-state index in [2.05, 4.69) is 20.0 Å². The number of hydrogen-bond donors (Lipinski definition) is 2. The summed E-state index contributed by atoms with van der Waals surface area (Å²) < 4.78 is 5.56. The molecule has 5 nitrogen and oxygen atoms in total. The molecular formula is C19H16N4OS. The Labute approximate surface area is 148 Å². The molecule has 0 atom stereocenters. The first-order chi connectivity index (χ1) is 12.3. The number of carbonyl (C=O) groups is 1. The lowest BCUT2D eigenvalue weighted by Crippen LogP contribution is -2.29. The molecule has 2 heterocycles. The van der Waals surface area contributed by atoms with Crippen molar-refractivity contribution in [1.29, 1.82) is 0 Å². The van der Waals surface area contributed by atoms with E-state index in [1.165, 1.54) is 11.5 Å². The average molecular weight is 348 g/mol. The van der Waals surface area contributed by atoms with E-state index in [-0.39, 0.29) is 5.91 Å². The normalized spacial score (nSPS) is 10.9. The molecule has 0 aliphatic heterocycles. The van der Waals surface area contributed by atoms with Gasteiger partial charge in [0.15, 0.2) is 0 Å². The molecule has 2 N–H and O–H groups in total. The second-order valence-electron chi connectivity index (χ2n) is 5.59. The van der Waals surface area contributed by atoms with Crippen LogP contribution in [0.3, 0.4) is 0 Å². The molecule has 0 spiro atoms. The van der Waals surface area contributed by atoms with Crippen molar-refractivity contribution in [2.45, 2.75) is 0 Å². The minimum atomic E-state index is -0.165. The van der Waals surface area contributed by atoms with Gasteiger partial charge in [0.1, 0.15) is 11.5 Å². The highest BCUT2D eigenvalue weighted by Crippen LogP contribution is 2.25. The van der Waals surface area contributed by atoms with Gasteiger partial charge >= 0.3 is 0 Å². The quantitative estimate of drug-likeness (QED) is 0.540. The Morgan fingerprint density at radius 3 is 2.68 bits per heavy atom. The van der Waals surface area contributed by atoms with Crippen molar-refractivity contribution in [2.75, 3.05) is 18.4 Å². The zero-order chi connectivity index (χ0) is 17.1. The fourth-order valence-electron chi connectivity index (χ4n) is 2.75. The van der Waals surface area contributed by atoms with Crippen molar-refractivity contribution in [3.63, 3.8) is 0 Å². The third kappa shape index (κ3) is 3.16. The molecule has 1 amide bonds. The number of nitrogens with one attached hydrogen (secondary N) is 2. The van der Waals surface area contributed by atoms with Gasteiger partial charge in [0, 0.05) is 30.1 Å². The zero-order valence-corrected chi connectivity index (χ0v) is 14.2. The molecule has 0 radical (unpaired) electrons. The van der Waals surface area contributed by atoms with Crippen LogP contribution in [0.4, 0.5) is 5.82 Å². The molecule has 2 aromatic carbocycles. The molecular weight excluding hydrogens is 332 g/mol. The first-order valence-electron chi connectivity index (χ1n) is 8.03. The number of rotatable bonds is 5. The summed E-state index contributed by atoms with van der Waals surface area (Å²) in [6, 6.07) is 17.7. The van der Waals surface area contributed by atoms with E-state index in [1.54, 1.807) is 6.20 Å². The van der Waals surface area contributed by atoms with Crippen LogP contribution in [0.1, 0.15) is 10.5 Å². The van der Waals surface area contributed by atoms with Gasteiger partial charge in [-0.3, -0.25) is 9.78 Å². The fraction of sp³-hybridized carbons (Fsp3) is 0.105. The second kappa shape index (κ2) is 6.86. The lowest BCUT2D eigenvalue weighted by molar-refractivity contribution is 0.0952. The molecule has 0 aliphatic rings. The van der Waals surface area contributed by atoms with Crippen LogP contribution in [-0.4, -0.2) is 28.4 Å². The summed E-state index contributed by atoms with van der Waals surface area (Å²) in [5.41, 5.74) is 0.456. The molecule has 0 saturated heterocycles. The molecule has 0 fully saturated rings. The van der Waals surface area contributed by atoms with Crippen LogP contribution in [0.15, 0.2) is 60.8 Å². The number of fused-ring (bicyclic) bond motifs is 2. The van der Waals surface area contributed by atoms with Gasteiger partial charge < -0.3 is 10.6 Å². The lowest BCUT2D eigenvalue weighted by Gasteiger charge is -2.08. The summed E-state index contributed by atoms with van der Waals surface area (Å²) in [5, 5.41) is 9.17. The van der Waals surface area contributed by atoms with Gasteiger partial charge in [0.2, 0.25) is 0 Å². The number of amides is 1. The number of pyridine rings is 1. The Hall–Kier alpha value is -2.99. The maximum atomic E-state index is 12.4. The molecule has 0 saturated carbocycles. The number of carbonyl (C=O) groups excluding carboxylic acids is 1. The first kappa shape index (κ1) is 15.5. The Bertz CT molecular complexity index is 1040. The van der Waals surface area contributed by atoms with Crippen LogP contribution >= 0.6 is 11.5 Å². The predicted octanol–water partition coefficient (Wildman–Crippen LogP) is 3.69. The van der Waals surface area contributed by atoms with Gasteiger partial charge in [-0.25, -0.2) is 0 Å². The van der Waals surface area contributed by atoms with Gasteiger partial charge in [-0.2, -0.15) is 4.37 Å². The maximum Gasteiger partial charge on any atom is 0.270 e. The Morgan fingerprint density at radius 2 is 1.76 bits per heavy atom. The predicted molar refractivity (Wildman–Crippen MR) is 102 cm³/mol. The zero-order valence-electron chi connectivity index (χ0n) is 13.4. The monoisotopic (exact) mass is 348 g/mol. The minimum Gasteiger partial charge on any atom is -0.367 e. The van der Waals surface area contributed by atoms with Gasteiger partial charge in [-0.15, -0.1) is 0 Å². The minimum absolute atomic E-state index is 0.165. The highest BCUT2D eigenvalue weighted by molar-refractivity contribution is 7.13. The van der Waals surface area contributed by atoms with Crippen molar-refractivity contribution >= 4 is 44.1 Å². The third-order valence-corrected chi connectivity index (χ3v) is 4.80. The molecule has 0 unspecified atom stereocenters. The standard InChI is InChI=1S/C19H16N4OS/c24-19(17-14-6-2-1-5-13(14)9-10-20-17)22-12-11-21-18-15-7-3-4-8-16(15)25-23-18/h1-10H,11-12H2,(H,21,23)(H,22,24). The third-order valence-electron chi connectivity index (χ3n) is 3.97. The number of anilines is 1. The molecule has 2 aromatic heterocycles. The summed E-state index contributed by atoms with van der Waals surface area (Å²) in [6.45, 7) is 1.10. The van der Waals surface area contributed by atoms with Crippen molar-refractivity contribution in [3.05, 3.63) is 66.5 Å². The van der Waals surface area contributed by atoms with Gasteiger partial charge in [0.25, 0.3) is 5.91 Å². The SMILES string of the molecule is O=C(NCCNc1nsc2ccccc12)c1nccc2ccccc12. The molecule has 25 heavy (non-hydrogen) atoms. The van der Waals surface area contributed by atoms with Gasteiger partial charge in [0.05, 0.1) is 4.70 Å². The fourth-order valence-corrected chi connectivity index (χ4v) is 3.51. The van der Waals surface area contributed by atoms with Crippen LogP contribution in [0.2, 0.25) is 0 Å². The molecule has 4 rings (SSSR count). The largest absolute Gasteiger partial charge is 0.367 e. The van der Waals surface area contributed by atoms with E-state index >= 15 is 0 Å². The maximum absolute atomic E-state index is 12.4. The lowest BCUT2D eigenvalue weighted by atomic mass is 10.1.